The molecule has 0 radical (unpaired) electrons. The zero-order chi connectivity index (χ0) is 24.0. The predicted molar refractivity (Wildman–Crippen MR) is 132 cm³/mol. The molecule has 0 fully saturated rings. The van der Waals surface area contributed by atoms with E-state index in [1.807, 2.05) is 81.7 Å². The van der Waals surface area contributed by atoms with Crippen LogP contribution in [0.1, 0.15) is 54.1 Å². The van der Waals surface area contributed by atoms with Crippen LogP contribution < -0.4 is 10.6 Å². The summed E-state index contributed by atoms with van der Waals surface area (Å²) in [5.74, 6) is 0.764. The Morgan fingerprint density at radius 1 is 1.03 bits per heavy atom. The van der Waals surface area contributed by atoms with Gasteiger partial charge in [-0.2, -0.15) is 0 Å². The molecule has 3 rings (SSSR count). The predicted octanol–water partition coefficient (Wildman–Crippen LogP) is 4.77. The molecule has 0 bridgehead atoms. The van der Waals surface area contributed by atoms with Crippen molar-refractivity contribution in [3.63, 3.8) is 0 Å². The second kappa shape index (κ2) is 11.1. The van der Waals surface area contributed by atoms with Crippen molar-refractivity contribution in [3.8, 4) is 0 Å². The van der Waals surface area contributed by atoms with E-state index in [1.165, 1.54) is 11.8 Å². The molecule has 0 aliphatic carbocycles. The van der Waals surface area contributed by atoms with E-state index in [0.29, 0.717) is 23.1 Å². The fourth-order valence-electron chi connectivity index (χ4n) is 3.52. The fraction of sp³-hybridized carbons (Fsp3) is 0.360. The number of carbonyl (C=O) groups excluding carboxylic acids is 2. The Morgan fingerprint density at radius 3 is 2.36 bits per heavy atom. The second-order valence-corrected chi connectivity index (χ2v) is 9.30. The SMILES string of the molecule is CCn1c(SCC(=O)Nc2cccc(C)c2)nnc1[C@@H](NC(=O)c1cccc(C)c1)C(C)C. The summed E-state index contributed by atoms with van der Waals surface area (Å²) in [6.45, 7) is 10.7. The second-order valence-electron chi connectivity index (χ2n) is 8.36. The average Bonchev–Trinajstić information content (AvgIpc) is 3.18. The number of nitrogens with one attached hydrogen (secondary N) is 2. The Hall–Kier alpha value is -3.13. The summed E-state index contributed by atoms with van der Waals surface area (Å²) in [6, 6.07) is 14.9. The molecule has 2 amide bonds. The molecule has 1 atom stereocenters. The molecular weight excluding hydrogens is 434 g/mol. The largest absolute Gasteiger partial charge is 0.342 e. The van der Waals surface area contributed by atoms with Gasteiger partial charge in [-0.3, -0.25) is 9.59 Å². The molecule has 3 aromatic rings. The first kappa shape index (κ1) is 24.5. The van der Waals surface area contributed by atoms with E-state index in [4.69, 9.17) is 0 Å². The van der Waals surface area contributed by atoms with Gasteiger partial charge in [0.1, 0.15) is 0 Å². The highest BCUT2D eigenvalue weighted by atomic mass is 32.2. The number of aromatic nitrogens is 3. The summed E-state index contributed by atoms with van der Waals surface area (Å²) in [5.41, 5.74) is 3.51. The molecule has 0 unspecified atom stereocenters. The Balaban J connectivity index is 1.71. The summed E-state index contributed by atoms with van der Waals surface area (Å²) >= 11 is 1.33. The van der Waals surface area contributed by atoms with E-state index < -0.39 is 0 Å². The van der Waals surface area contributed by atoms with Gasteiger partial charge in [-0.1, -0.05) is 55.4 Å². The molecule has 0 saturated carbocycles. The Morgan fingerprint density at radius 2 is 1.73 bits per heavy atom. The third-order valence-corrected chi connectivity index (χ3v) is 6.17. The van der Waals surface area contributed by atoms with Gasteiger partial charge >= 0.3 is 0 Å². The number of benzene rings is 2. The number of hydrogen-bond donors (Lipinski definition) is 2. The zero-order valence-electron chi connectivity index (χ0n) is 19.8. The van der Waals surface area contributed by atoms with E-state index in [-0.39, 0.29) is 29.5 Å². The lowest BCUT2D eigenvalue weighted by Gasteiger charge is -2.22. The molecule has 7 nitrogen and oxygen atoms in total. The minimum Gasteiger partial charge on any atom is -0.342 e. The lowest BCUT2D eigenvalue weighted by molar-refractivity contribution is -0.113. The smallest absolute Gasteiger partial charge is 0.251 e. The van der Waals surface area contributed by atoms with E-state index in [2.05, 4.69) is 20.8 Å². The molecule has 0 spiro atoms. The molecule has 1 aromatic heterocycles. The first-order valence-electron chi connectivity index (χ1n) is 11.1. The lowest BCUT2D eigenvalue weighted by Crippen LogP contribution is -2.33. The van der Waals surface area contributed by atoms with Gasteiger partial charge in [0.15, 0.2) is 11.0 Å². The van der Waals surface area contributed by atoms with Gasteiger partial charge < -0.3 is 15.2 Å². The van der Waals surface area contributed by atoms with Gasteiger partial charge in [0, 0.05) is 17.8 Å². The molecule has 174 valence electrons. The molecule has 0 aliphatic rings. The highest BCUT2D eigenvalue weighted by Gasteiger charge is 2.26. The van der Waals surface area contributed by atoms with E-state index in [1.54, 1.807) is 6.07 Å². The van der Waals surface area contributed by atoms with Crippen LogP contribution in [0.25, 0.3) is 0 Å². The third-order valence-electron chi connectivity index (χ3n) is 5.21. The molecule has 8 heteroatoms. The van der Waals surface area contributed by atoms with Crippen LogP contribution in [-0.2, 0) is 11.3 Å². The van der Waals surface area contributed by atoms with Gasteiger partial charge in [-0.05, 0) is 56.5 Å². The molecule has 0 saturated heterocycles. The van der Waals surface area contributed by atoms with Gasteiger partial charge in [0.05, 0.1) is 11.8 Å². The number of anilines is 1. The average molecular weight is 466 g/mol. The van der Waals surface area contributed by atoms with Crippen molar-refractivity contribution in [1.82, 2.24) is 20.1 Å². The maximum absolute atomic E-state index is 12.9. The maximum atomic E-state index is 12.9. The molecule has 0 aliphatic heterocycles. The normalized spacial score (nSPS) is 11.9. The fourth-order valence-corrected chi connectivity index (χ4v) is 4.33. The first-order valence-corrected chi connectivity index (χ1v) is 12.1. The van der Waals surface area contributed by atoms with Crippen molar-refractivity contribution in [3.05, 3.63) is 71.0 Å². The number of carbonyl (C=O) groups is 2. The summed E-state index contributed by atoms with van der Waals surface area (Å²) in [6.07, 6.45) is 0. The molecule has 2 N–H and O–H groups in total. The molecular formula is C25H31N5O2S. The van der Waals surface area contributed by atoms with Crippen LogP contribution in [0.2, 0.25) is 0 Å². The topological polar surface area (TPSA) is 88.9 Å². The van der Waals surface area contributed by atoms with E-state index in [0.717, 1.165) is 16.8 Å². The minimum atomic E-state index is -0.305. The van der Waals surface area contributed by atoms with Crippen molar-refractivity contribution in [2.45, 2.75) is 52.4 Å². The molecule has 33 heavy (non-hydrogen) atoms. The van der Waals surface area contributed by atoms with Crippen LogP contribution >= 0.6 is 11.8 Å². The van der Waals surface area contributed by atoms with Crippen molar-refractivity contribution >= 4 is 29.3 Å². The summed E-state index contributed by atoms with van der Waals surface area (Å²) in [7, 11) is 0. The van der Waals surface area contributed by atoms with E-state index in [9.17, 15) is 9.59 Å². The quantitative estimate of drug-likeness (QED) is 0.444. The van der Waals surface area contributed by atoms with Crippen LogP contribution in [0.3, 0.4) is 0 Å². The van der Waals surface area contributed by atoms with Gasteiger partial charge in [0.2, 0.25) is 5.91 Å². The summed E-state index contributed by atoms with van der Waals surface area (Å²) in [4.78, 5) is 25.3. The number of amides is 2. The van der Waals surface area contributed by atoms with Crippen molar-refractivity contribution in [2.24, 2.45) is 5.92 Å². The third kappa shape index (κ3) is 6.44. The molecule has 2 aromatic carbocycles. The number of aryl methyl sites for hydroxylation is 2. The summed E-state index contributed by atoms with van der Waals surface area (Å²) in [5, 5.41) is 15.4. The van der Waals surface area contributed by atoms with Crippen LogP contribution in [-0.4, -0.2) is 32.3 Å². The molecule has 1 heterocycles. The monoisotopic (exact) mass is 465 g/mol. The summed E-state index contributed by atoms with van der Waals surface area (Å²) < 4.78 is 1.96. The van der Waals surface area contributed by atoms with Gasteiger partial charge in [-0.25, -0.2) is 0 Å². The highest BCUT2D eigenvalue weighted by Crippen LogP contribution is 2.26. The van der Waals surface area contributed by atoms with Crippen LogP contribution in [0, 0.1) is 19.8 Å². The Bertz CT molecular complexity index is 1130. The zero-order valence-corrected chi connectivity index (χ0v) is 20.6. The standard InChI is InChI=1S/C25H31N5O2S/c1-6-30-23(22(16(2)3)27-24(32)19-11-7-9-17(4)13-19)28-29-25(30)33-15-21(31)26-20-12-8-10-18(5)14-20/h7-14,16,22H,6,15H2,1-5H3,(H,26,31)(H,27,32)/t22-/m0/s1. The minimum absolute atomic E-state index is 0.106. The van der Waals surface area contributed by atoms with Crippen LogP contribution in [0.15, 0.2) is 53.7 Å². The van der Waals surface area contributed by atoms with Gasteiger partial charge in [-0.15, -0.1) is 10.2 Å². The number of rotatable bonds is 9. The van der Waals surface area contributed by atoms with E-state index >= 15 is 0 Å². The van der Waals surface area contributed by atoms with Crippen molar-refractivity contribution < 1.29 is 9.59 Å². The van der Waals surface area contributed by atoms with Gasteiger partial charge in [0.25, 0.3) is 5.91 Å². The lowest BCUT2D eigenvalue weighted by atomic mass is 10.0. The first-order chi connectivity index (χ1) is 15.8. The van der Waals surface area contributed by atoms with Crippen molar-refractivity contribution in [1.29, 1.82) is 0 Å². The number of nitrogens with zero attached hydrogens (tertiary/aromatic N) is 3. The number of thioether (sulfide) groups is 1. The number of hydrogen-bond acceptors (Lipinski definition) is 5. The Labute approximate surface area is 199 Å². The highest BCUT2D eigenvalue weighted by molar-refractivity contribution is 7.99. The Kier molecular flexibility index (Phi) is 8.27. The van der Waals surface area contributed by atoms with Crippen LogP contribution in [0.4, 0.5) is 5.69 Å². The van der Waals surface area contributed by atoms with Crippen LogP contribution in [0.5, 0.6) is 0 Å². The maximum Gasteiger partial charge on any atom is 0.251 e. The van der Waals surface area contributed by atoms with Crippen molar-refractivity contribution in [2.75, 3.05) is 11.1 Å².